The molecule has 1 amide bonds. The summed E-state index contributed by atoms with van der Waals surface area (Å²) in [4.78, 5) is 13.9. The average molecular weight is 364 g/mol. The SMILES string of the molecule is CCCCCCCCCCCCCC/C=C\CCCC(=O)N1CCCC1. The fraction of sp³-hybridized carbons (Fsp3) is 0.875. The lowest BCUT2D eigenvalue weighted by Gasteiger charge is -2.14. The number of rotatable bonds is 17. The summed E-state index contributed by atoms with van der Waals surface area (Å²) in [6.45, 7) is 4.27. The van der Waals surface area contributed by atoms with E-state index < -0.39 is 0 Å². The van der Waals surface area contributed by atoms with Crippen molar-refractivity contribution in [1.29, 1.82) is 0 Å². The first-order valence-corrected chi connectivity index (χ1v) is 11.8. The van der Waals surface area contributed by atoms with Crippen LogP contribution in [0.15, 0.2) is 12.2 Å². The standard InChI is InChI=1S/C24H45NO/c1-2-3-4-5-6-7-8-9-10-11-12-13-14-15-16-17-18-21-24(26)25-22-19-20-23-25/h15-16H,2-14,17-23H2,1H3/b16-15-. The summed E-state index contributed by atoms with van der Waals surface area (Å²) in [5, 5.41) is 0. The molecule has 0 radical (unpaired) electrons. The van der Waals surface area contributed by atoms with Gasteiger partial charge in [0.25, 0.3) is 0 Å². The maximum Gasteiger partial charge on any atom is 0.222 e. The second-order valence-corrected chi connectivity index (χ2v) is 8.13. The Morgan fingerprint density at radius 1 is 0.692 bits per heavy atom. The van der Waals surface area contributed by atoms with Crippen LogP contribution in [0.3, 0.4) is 0 Å². The van der Waals surface area contributed by atoms with E-state index in [0.717, 1.165) is 32.4 Å². The van der Waals surface area contributed by atoms with E-state index in [0.29, 0.717) is 5.91 Å². The van der Waals surface area contributed by atoms with E-state index in [1.165, 1.54) is 96.3 Å². The molecule has 1 aliphatic heterocycles. The lowest BCUT2D eigenvalue weighted by molar-refractivity contribution is -0.130. The normalized spacial score (nSPS) is 14.6. The van der Waals surface area contributed by atoms with Crippen LogP contribution in [-0.4, -0.2) is 23.9 Å². The van der Waals surface area contributed by atoms with Gasteiger partial charge in [0.2, 0.25) is 5.91 Å². The number of unbranched alkanes of at least 4 members (excludes halogenated alkanes) is 13. The second kappa shape index (κ2) is 17.6. The number of allylic oxidation sites excluding steroid dienone is 2. The first-order chi connectivity index (χ1) is 12.8. The Balaban J connectivity index is 1.74. The third kappa shape index (κ3) is 13.4. The molecule has 0 aromatic carbocycles. The van der Waals surface area contributed by atoms with E-state index >= 15 is 0 Å². The fourth-order valence-corrected chi connectivity index (χ4v) is 3.83. The molecule has 1 aliphatic rings. The smallest absolute Gasteiger partial charge is 0.222 e. The summed E-state index contributed by atoms with van der Waals surface area (Å²) in [5.41, 5.74) is 0. The van der Waals surface area contributed by atoms with Crippen LogP contribution in [0.2, 0.25) is 0 Å². The van der Waals surface area contributed by atoms with Crippen LogP contribution in [-0.2, 0) is 4.79 Å². The predicted molar refractivity (Wildman–Crippen MR) is 115 cm³/mol. The third-order valence-electron chi connectivity index (χ3n) is 5.61. The van der Waals surface area contributed by atoms with Gasteiger partial charge in [-0.2, -0.15) is 0 Å². The zero-order chi connectivity index (χ0) is 18.7. The van der Waals surface area contributed by atoms with Crippen molar-refractivity contribution in [3.05, 3.63) is 12.2 Å². The van der Waals surface area contributed by atoms with Gasteiger partial charge in [0.15, 0.2) is 0 Å². The molecule has 1 fully saturated rings. The Morgan fingerprint density at radius 2 is 1.15 bits per heavy atom. The van der Waals surface area contributed by atoms with Crippen LogP contribution in [0.25, 0.3) is 0 Å². The largest absolute Gasteiger partial charge is 0.343 e. The third-order valence-corrected chi connectivity index (χ3v) is 5.61. The van der Waals surface area contributed by atoms with Gasteiger partial charge >= 0.3 is 0 Å². The molecule has 0 bridgehead atoms. The number of carbonyl (C=O) groups excluding carboxylic acids is 1. The lowest BCUT2D eigenvalue weighted by Crippen LogP contribution is -2.27. The van der Waals surface area contributed by atoms with Gasteiger partial charge in [-0.1, -0.05) is 89.7 Å². The molecule has 1 heterocycles. The Morgan fingerprint density at radius 3 is 1.69 bits per heavy atom. The molecule has 1 saturated heterocycles. The van der Waals surface area contributed by atoms with Gasteiger partial charge < -0.3 is 4.90 Å². The monoisotopic (exact) mass is 363 g/mol. The van der Waals surface area contributed by atoms with E-state index in [1.807, 2.05) is 4.90 Å². The molecule has 0 atom stereocenters. The van der Waals surface area contributed by atoms with Gasteiger partial charge in [0.1, 0.15) is 0 Å². The summed E-state index contributed by atoms with van der Waals surface area (Å²) >= 11 is 0. The molecule has 152 valence electrons. The predicted octanol–water partition coefficient (Wildman–Crippen LogP) is 7.43. The first-order valence-electron chi connectivity index (χ1n) is 11.8. The minimum atomic E-state index is 0.372. The highest BCUT2D eigenvalue weighted by atomic mass is 16.2. The second-order valence-electron chi connectivity index (χ2n) is 8.13. The van der Waals surface area contributed by atoms with Crippen molar-refractivity contribution >= 4 is 5.91 Å². The Bertz CT molecular complexity index is 344. The van der Waals surface area contributed by atoms with E-state index in [4.69, 9.17) is 0 Å². The summed E-state index contributed by atoms with van der Waals surface area (Å²) < 4.78 is 0. The van der Waals surface area contributed by atoms with Gasteiger partial charge in [-0.3, -0.25) is 4.79 Å². The van der Waals surface area contributed by atoms with Crippen molar-refractivity contribution in [3.63, 3.8) is 0 Å². The lowest BCUT2D eigenvalue weighted by atomic mass is 10.0. The van der Waals surface area contributed by atoms with Crippen LogP contribution in [0.5, 0.6) is 0 Å². The molecule has 1 rings (SSSR count). The van der Waals surface area contributed by atoms with Gasteiger partial charge in [0, 0.05) is 19.5 Å². The maximum atomic E-state index is 11.9. The topological polar surface area (TPSA) is 20.3 Å². The molecular weight excluding hydrogens is 318 g/mol. The number of hydrogen-bond donors (Lipinski definition) is 0. The summed E-state index contributed by atoms with van der Waals surface area (Å²) in [7, 11) is 0. The van der Waals surface area contributed by atoms with Crippen LogP contribution in [0, 0.1) is 0 Å². The molecular formula is C24H45NO. The van der Waals surface area contributed by atoms with Crippen molar-refractivity contribution in [2.75, 3.05) is 13.1 Å². The minimum absolute atomic E-state index is 0.372. The van der Waals surface area contributed by atoms with Gasteiger partial charge in [-0.15, -0.1) is 0 Å². The molecule has 0 spiro atoms. The number of carbonyl (C=O) groups is 1. The van der Waals surface area contributed by atoms with Crippen molar-refractivity contribution in [2.45, 2.75) is 122 Å². The molecule has 2 heteroatoms. The van der Waals surface area contributed by atoms with Crippen LogP contribution < -0.4 is 0 Å². The fourth-order valence-electron chi connectivity index (χ4n) is 3.83. The van der Waals surface area contributed by atoms with Gasteiger partial charge in [-0.05, 0) is 38.5 Å². The van der Waals surface area contributed by atoms with Crippen LogP contribution in [0.1, 0.15) is 122 Å². The van der Waals surface area contributed by atoms with Crippen molar-refractivity contribution in [2.24, 2.45) is 0 Å². The maximum absolute atomic E-state index is 11.9. The highest BCUT2D eigenvalue weighted by molar-refractivity contribution is 5.76. The summed E-state index contributed by atoms with van der Waals surface area (Å²) in [6, 6.07) is 0. The van der Waals surface area contributed by atoms with Crippen molar-refractivity contribution < 1.29 is 4.79 Å². The zero-order valence-electron chi connectivity index (χ0n) is 17.7. The quantitative estimate of drug-likeness (QED) is 0.194. The number of hydrogen-bond acceptors (Lipinski definition) is 1. The molecule has 0 saturated carbocycles. The minimum Gasteiger partial charge on any atom is -0.343 e. The highest BCUT2D eigenvalue weighted by Gasteiger charge is 2.16. The molecule has 0 aliphatic carbocycles. The van der Waals surface area contributed by atoms with E-state index in [9.17, 15) is 4.79 Å². The van der Waals surface area contributed by atoms with Crippen LogP contribution >= 0.6 is 0 Å². The number of likely N-dealkylation sites (tertiary alicyclic amines) is 1. The Kier molecular flexibility index (Phi) is 15.8. The van der Waals surface area contributed by atoms with Crippen LogP contribution in [0.4, 0.5) is 0 Å². The first kappa shape index (κ1) is 23.2. The summed E-state index contributed by atoms with van der Waals surface area (Å²) in [5.74, 6) is 0.372. The van der Waals surface area contributed by atoms with E-state index in [1.54, 1.807) is 0 Å². The molecule has 0 aromatic heterocycles. The van der Waals surface area contributed by atoms with Gasteiger partial charge in [-0.25, -0.2) is 0 Å². The summed E-state index contributed by atoms with van der Waals surface area (Å²) in [6.07, 6.45) is 28.1. The average Bonchev–Trinajstić information content (AvgIpc) is 3.19. The number of nitrogens with zero attached hydrogens (tertiary/aromatic N) is 1. The molecule has 0 aromatic rings. The van der Waals surface area contributed by atoms with Crippen molar-refractivity contribution in [1.82, 2.24) is 4.90 Å². The Labute approximate surface area is 163 Å². The Hall–Kier alpha value is -0.790. The van der Waals surface area contributed by atoms with Crippen molar-refractivity contribution in [3.8, 4) is 0 Å². The molecule has 2 nitrogen and oxygen atoms in total. The van der Waals surface area contributed by atoms with E-state index in [-0.39, 0.29) is 0 Å². The molecule has 26 heavy (non-hydrogen) atoms. The van der Waals surface area contributed by atoms with E-state index in [2.05, 4.69) is 19.1 Å². The zero-order valence-corrected chi connectivity index (χ0v) is 17.7. The molecule has 0 unspecified atom stereocenters. The number of amides is 1. The van der Waals surface area contributed by atoms with Gasteiger partial charge in [0.05, 0.1) is 0 Å². The highest BCUT2D eigenvalue weighted by Crippen LogP contribution is 2.13. The molecule has 0 N–H and O–H groups in total.